The van der Waals surface area contributed by atoms with Crippen molar-refractivity contribution in [1.82, 2.24) is 9.55 Å². The lowest BCUT2D eigenvalue weighted by molar-refractivity contribution is 0.212. The maximum absolute atomic E-state index is 5.39. The van der Waals surface area contributed by atoms with Gasteiger partial charge in [0.05, 0.1) is 18.3 Å². The molecule has 3 aliphatic rings. The highest BCUT2D eigenvalue weighted by Gasteiger charge is 2.35. The van der Waals surface area contributed by atoms with Gasteiger partial charge in [0, 0.05) is 23.8 Å². The molecule has 3 unspecified atom stereocenters. The van der Waals surface area contributed by atoms with E-state index in [9.17, 15) is 0 Å². The van der Waals surface area contributed by atoms with Crippen molar-refractivity contribution in [2.75, 3.05) is 7.11 Å². The van der Waals surface area contributed by atoms with Crippen LogP contribution >= 0.6 is 0 Å². The first kappa shape index (κ1) is 19.8. The molecule has 0 bridgehead atoms. The number of allylic oxidation sites excluding steroid dienone is 4. The Hall–Kier alpha value is -2.81. The molecule has 164 valence electrons. The largest absolute Gasteiger partial charge is 0.497 e. The van der Waals surface area contributed by atoms with Crippen LogP contribution < -0.4 is 4.74 Å². The number of pyridine rings is 1. The molecule has 2 aromatic heterocycles. The molecule has 1 saturated carbocycles. The lowest BCUT2D eigenvalue weighted by atomic mass is 9.76. The lowest BCUT2D eigenvalue weighted by Crippen LogP contribution is -2.26. The summed E-state index contributed by atoms with van der Waals surface area (Å²) in [5.41, 5.74) is 7.24. The van der Waals surface area contributed by atoms with Gasteiger partial charge >= 0.3 is 0 Å². The Morgan fingerprint density at radius 1 is 1.19 bits per heavy atom. The van der Waals surface area contributed by atoms with Crippen molar-refractivity contribution in [3.8, 4) is 5.75 Å². The first-order valence-electron chi connectivity index (χ1n) is 12.3. The zero-order chi connectivity index (χ0) is 21.5. The summed E-state index contributed by atoms with van der Waals surface area (Å²) in [7, 11) is 1.75. The van der Waals surface area contributed by atoms with Gasteiger partial charge in [0.15, 0.2) is 0 Å². The highest BCUT2D eigenvalue weighted by atomic mass is 16.5. The van der Waals surface area contributed by atoms with Crippen molar-refractivity contribution in [3.05, 3.63) is 77.8 Å². The third-order valence-electron chi connectivity index (χ3n) is 7.98. The molecule has 6 rings (SSSR count). The summed E-state index contributed by atoms with van der Waals surface area (Å²) >= 11 is 0. The van der Waals surface area contributed by atoms with Gasteiger partial charge in [0.25, 0.3) is 0 Å². The number of ether oxygens (including phenoxy) is 1. The van der Waals surface area contributed by atoms with Crippen LogP contribution in [-0.2, 0) is 12.8 Å². The fourth-order valence-corrected chi connectivity index (χ4v) is 6.47. The quantitative estimate of drug-likeness (QED) is 0.444. The second-order valence-corrected chi connectivity index (χ2v) is 9.80. The van der Waals surface area contributed by atoms with Gasteiger partial charge in [-0.05, 0) is 91.7 Å². The number of nitrogens with zero attached hydrogens (tertiary/aromatic N) is 2. The Morgan fingerprint density at radius 2 is 2.16 bits per heavy atom. The van der Waals surface area contributed by atoms with Gasteiger partial charge in [-0.2, -0.15) is 0 Å². The van der Waals surface area contributed by atoms with Crippen molar-refractivity contribution < 1.29 is 4.74 Å². The van der Waals surface area contributed by atoms with E-state index in [1.54, 1.807) is 7.11 Å². The number of hydrogen-bond acceptors (Lipinski definition) is 2. The smallest absolute Gasteiger partial charge is 0.119 e. The van der Waals surface area contributed by atoms with E-state index in [-0.39, 0.29) is 0 Å². The van der Waals surface area contributed by atoms with E-state index in [1.807, 2.05) is 12.3 Å². The first-order valence-corrected chi connectivity index (χ1v) is 12.3. The number of aromatic nitrogens is 2. The van der Waals surface area contributed by atoms with E-state index in [4.69, 9.17) is 4.74 Å². The summed E-state index contributed by atoms with van der Waals surface area (Å²) in [5.74, 6) is 2.43. The molecule has 0 amide bonds. The Kier molecular flexibility index (Phi) is 5.13. The van der Waals surface area contributed by atoms with Gasteiger partial charge in [-0.3, -0.25) is 4.98 Å². The number of benzene rings is 1. The monoisotopic (exact) mass is 424 g/mol. The van der Waals surface area contributed by atoms with Crippen LogP contribution in [-0.4, -0.2) is 16.7 Å². The summed E-state index contributed by atoms with van der Waals surface area (Å²) in [4.78, 5) is 4.46. The van der Waals surface area contributed by atoms with Gasteiger partial charge in [-0.1, -0.05) is 36.8 Å². The lowest BCUT2D eigenvalue weighted by Gasteiger charge is -2.36. The summed E-state index contributed by atoms with van der Waals surface area (Å²) < 4.78 is 8.09. The molecule has 3 heteroatoms. The molecule has 3 aromatic rings. The molecule has 1 aromatic carbocycles. The van der Waals surface area contributed by atoms with E-state index in [0.29, 0.717) is 12.0 Å². The van der Waals surface area contributed by atoms with Crippen LogP contribution in [0, 0.1) is 11.8 Å². The Labute approximate surface area is 190 Å². The molecule has 0 N–H and O–H groups in total. The standard InChI is InChI=1S/C29H32N2O/c1-32-24-9-3-7-20(18-24)5-2-6-21-11-14-27-23(17-21)13-12-22-8-4-10-25-26-19-30-16-15-28(26)31(27)29(22)25/h3,7-9,12-13,15-16,18-19,21,23,27H,2,4-6,10-11,14,17H2,1H3. The van der Waals surface area contributed by atoms with E-state index < -0.39 is 0 Å². The molecular formula is C29H32N2O. The zero-order valence-corrected chi connectivity index (χ0v) is 19.0. The predicted octanol–water partition coefficient (Wildman–Crippen LogP) is 6.92. The van der Waals surface area contributed by atoms with Gasteiger partial charge < -0.3 is 9.30 Å². The van der Waals surface area contributed by atoms with Crippen molar-refractivity contribution in [2.24, 2.45) is 11.8 Å². The van der Waals surface area contributed by atoms with Crippen LogP contribution in [0.2, 0.25) is 0 Å². The first-order chi connectivity index (χ1) is 15.8. The van der Waals surface area contributed by atoms with E-state index in [1.165, 1.54) is 65.4 Å². The minimum absolute atomic E-state index is 0.582. The van der Waals surface area contributed by atoms with E-state index >= 15 is 0 Å². The molecule has 0 radical (unpaired) electrons. The van der Waals surface area contributed by atoms with Crippen molar-refractivity contribution in [1.29, 1.82) is 0 Å². The summed E-state index contributed by atoms with van der Waals surface area (Å²) in [5, 5.41) is 1.38. The van der Waals surface area contributed by atoms with Crippen molar-refractivity contribution in [2.45, 2.75) is 57.4 Å². The molecule has 3 atom stereocenters. The minimum Gasteiger partial charge on any atom is -0.497 e. The third kappa shape index (κ3) is 3.39. The van der Waals surface area contributed by atoms with Crippen LogP contribution in [0.1, 0.15) is 61.4 Å². The number of fused-ring (bicyclic) bond motifs is 5. The average Bonchev–Trinajstić information content (AvgIpc) is 3.08. The van der Waals surface area contributed by atoms with Gasteiger partial charge in [0.2, 0.25) is 0 Å². The minimum atomic E-state index is 0.582. The Bertz CT molecular complexity index is 1200. The molecule has 1 aliphatic heterocycles. The van der Waals surface area contributed by atoms with Crippen molar-refractivity contribution in [3.63, 3.8) is 0 Å². The topological polar surface area (TPSA) is 27.1 Å². The van der Waals surface area contributed by atoms with Gasteiger partial charge in [0.1, 0.15) is 5.75 Å². The van der Waals surface area contributed by atoms with Gasteiger partial charge in [-0.25, -0.2) is 0 Å². The molecule has 1 fully saturated rings. The second-order valence-electron chi connectivity index (χ2n) is 9.80. The molecule has 3 heterocycles. The summed E-state index contributed by atoms with van der Waals surface area (Å²) in [6.45, 7) is 0. The SMILES string of the molecule is COc1cccc(CCCC2CCC3C(C=CC4=CCCc5c4n3c3ccncc53)C2)c1. The fourth-order valence-electron chi connectivity index (χ4n) is 6.47. The van der Waals surface area contributed by atoms with Crippen molar-refractivity contribution >= 4 is 16.5 Å². The van der Waals surface area contributed by atoms with Crippen LogP contribution in [0.4, 0.5) is 0 Å². The van der Waals surface area contributed by atoms with Crippen LogP contribution in [0.25, 0.3) is 16.5 Å². The molecule has 32 heavy (non-hydrogen) atoms. The van der Waals surface area contributed by atoms with E-state index in [2.05, 4.69) is 58.2 Å². The van der Waals surface area contributed by atoms with Crippen LogP contribution in [0.15, 0.2) is 61.0 Å². The molecule has 0 spiro atoms. The van der Waals surface area contributed by atoms with Crippen LogP contribution in [0.3, 0.4) is 0 Å². The Morgan fingerprint density at radius 3 is 3.09 bits per heavy atom. The highest BCUT2D eigenvalue weighted by Crippen LogP contribution is 2.48. The third-order valence-corrected chi connectivity index (χ3v) is 7.98. The number of hydrogen-bond donors (Lipinski definition) is 0. The number of methoxy groups -OCH3 is 1. The predicted molar refractivity (Wildman–Crippen MR) is 131 cm³/mol. The zero-order valence-electron chi connectivity index (χ0n) is 19.0. The number of rotatable bonds is 5. The van der Waals surface area contributed by atoms with Gasteiger partial charge in [-0.15, -0.1) is 0 Å². The van der Waals surface area contributed by atoms with Crippen LogP contribution in [0.5, 0.6) is 5.75 Å². The van der Waals surface area contributed by atoms with E-state index in [0.717, 1.165) is 30.9 Å². The maximum atomic E-state index is 5.39. The normalized spacial score (nSPS) is 23.9. The second kappa shape index (κ2) is 8.27. The highest BCUT2D eigenvalue weighted by molar-refractivity contribution is 5.93. The summed E-state index contributed by atoms with van der Waals surface area (Å²) in [6, 6.07) is 11.4. The molecule has 2 aliphatic carbocycles. The number of aryl methyl sites for hydroxylation is 2. The summed E-state index contributed by atoms with van der Waals surface area (Å²) in [6.07, 6.45) is 21.4. The average molecular weight is 425 g/mol. The molecule has 3 nitrogen and oxygen atoms in total. The molecule has 0 saturated heterocycles. The fraction of sp³-hybridized carbons (Fsp3) is 0.414. The Balaban J connectivity index is 1.21. The molecular weight excluding hydrogens is 392 g/mol. The maximum Gasteiger partial charge on any atom is 0.119 e.